The molecule has 1 aromatic carbocycles. The molecule has 1 rings (SSSR count). The molecule has 94 valence electrons. The summed E-state index contributed by atoms with van der Waals surface area (Å²) in [5.41, 5.74) is 0.998. The number of sulfonamides is 1. The Balaban J connectivity index is 2.72. The van der Waals surface area contributed by atoms with Crippen LogP contribution in [-0.4, -0.2) is 26.2 Å². The van der Waals surface area contributed by atoms with Crippen LogP contribution in [0.4, 0.5) is 0 Å². The van der Waals surface area contributed by atoms with E-state index in [0.717, 1.165) is 5.56 Å². The number of allylic oxidation sites excluding steroid dienone is 1. The monoisotopic (exact) mass is 255 g/mol. The maximum Gasteiger partial charge on any atom is 0.240 e. The molecule has 0 unspecified atom stereocenters. The van der Waals surface area contributed by atoms with Crippen LogP contribution in [0.5, 0.6) is 0 Å². The van der Waals surface area contributed by atoms with E-state index in [1.165, 1.54) is 6.08 Å². The van der Waals surface area contributed by atoms with E-state index in [9.17, 15) is 13.5 Å². The first-order chi connectivity index (χ1) is 7.95. The molecule has 1 atom stereocenters. The number of aliphatic hydroxyl groups excluding tert-OH is 1. The maximum atomic E-state index is 11.8. The second-order valence-electron chi connectivity index (χ2n) is 3.76. The van der Waals surface area contributed by atoms with Gasteiger partial charge in [0.2, 0.25) is 10.0 Å². The number of rotatable bonds is 5. The molecule has 5 heteroatoms. The molecule has 0 saturated heterocycles. The zero-order valence-electron chi connectivity index (χ0n) is 9.92. The fraction of sp³-hybridized carbons (Fsp3) is 0.333. The summed E-state index contributed by atoms with van der Waals surface area (Å²) in [5, 5.41) is 9.39. The van der Waals surface area contributed by atoms with Gasteiger partial charge in [0.05, 0.1) is 11.0 Å². The summed E-state index contributed by atoms with van der Waals surface area (Å²) < 4.78 is 26.0. The van der Waals surface area contributed by atoms with Crippen LogP contribution in [0.25, 0.3) is 0 Å². The molecule has 2 N–H and O–H groups in total. The van der Waals surface area contributed by atoms with Crippen molar-refractivity contribution >= 4 is 10.0 Å². The van der Waals surface area contributed by atoms with Crippen molar-refractivity contribution in [1.82, 2.24) is 4.72 Å². The Morgan fingerprint density at radius 2 is 1.94 bits per heavy atom. The second-order valence-corrected chi connectivity index (χ2v) is 5.53. The van der Waals surface area contributed by atoms with Crippen molar-refractivity contribution in [1.29, 1.82) is 0 Å². The SMILES string of the molecule is C/C=C/[C@H](O)CNS(=O)(=O)c1ccc(C)cc1. The van der Waals surface area contributed by atoms with E-state index in [0.29, 0.717) is 0 Å². The molecule has 0 aliphatic carbocycles. The zero-order chi connectivity index (χ0) is 12.9. The lowest BCUT2D eigenvalue weighted by Gasteiger charge is -2.09. The Bertz CT molecular complexity index is 477. The zero-order valence-corrected chi connectivity index (χ0v) is 10.7. The van der Waals surface area contributed by atoms with Gasteiger partial charge in [-0.15, -0.1) is 0 Å². The second kappa shape index (κ2) is 5.95. The summed E-state index contributed by atoms with van der Waals surface area (Å²) in [4.78, 5) is 0.204. The molecular formula is C12H17NO3S. The van der Waals surface area contributed by atoms with Crippen LogP contribution < -0.4 is 4.72 Å². The largest absolute Gasteiger partial charge is 0.388 e. The normalized spacial score (nSPS) is 14.1. The molecule has 0 heterocycles. The summed E-state index contributed by atoms with van der Waals surface area (Å²) in [6.07, 6.45) is 2.39. The van der Waals surface area contributed by atoms with Crippen molar-refractivity contribution < 1.29 is 13.5 Å². The van der Waals surface area contributed by atoms with Gasteiger partial charge in [-0.1, -0.05) is 29.8 Å². The predicted molar refractivity (Wildman–Crippen MR) is 67.2 cm³/mol. The molecule has 0 radical (unpaired) electrons. The van der Waals surface area contributed by atoms with E-state index in [1.54, 1.807) is 37.3 Å². The Hall–Kier alpha value is -1.17. The third-order valence-electron chi connectivity index (χ3n) is 2.23. The van der Waals surface area contributed by atoms with Crippen LogP contribution >= 0.6 is 0 Å². The van der Waals surface area contributed by atoms with Gasteiger partial charge in [-0.2, -0.15) is 0 Å². The van der Waals surface area contributed by atoms with Gasteiger partial charge in [0.25, 0.3) is 0 Å². The molecule has 0 fully saturated rings. The van der Waals surface area contributed by atoms with Crippen LogP contribution in [0.1, 0.15) is 12.5 Å². The van der Waals surface area contributed by atoms with Crippen molar-refractivity contribution in [2.24, 2.45) is 0 Å². The highest BCUT2D eigenvalue weighted by Crippen LogP contribution is 2.09. The van der Waals surface area contributed by atoms with E-state index in [2.05, 4.69) is 4.72 Å². The van der Waals surface area contributed by atoms with E-state index >= 15 is 0 Å². The lowest BCUT2D eigenvalue weighted by atomic mass is 10.2. The average molecular weight is 255 g/mol. The Morgan fingerprint density at radius 1 is 1.35 bits per heavy atom. The molecule has 0 aromatic heterocycles. The van der Waals surface area contributed by atoms with E-state index in [-0.39, 0.29) is 11.4 Å². The van der Waals surface area contributed by atoms with Crippen LogP contribution in [0.15, 0.2) is 41.3 Å². The maximum absolute atomic E-state index is 11.8. The minimum absolute atomic E-state index is 0.0272. The van der Waals surface area contributed by atoms with Crippen LogP contribution in [0.3, 0.4) is 0 Å². The first-order valence-electron chi connectivity index (χ1n) is 5.33. The number of benzene rings is 1. The predicted octanol–water partition coefficient (Wildman–Crippen LogP) is 1.21. The third kappa shape index (κ3) is 4.30. The Kier molecular flexibility index (Phi) is 4.86. The van der Waals surface area contributed by atoms with Gasteiger partial charge in [-0.25, -0.2) is 13.1 Å². The van der Waals surface area contributed by atoms with Crippen LogP contribution in [-0.2, 0) is 10.0 Å². The van der Waals surface area contributed by atoms with Crippen molar-refractivity contribution in [3.8, 4) is 0 Å². The van der Waals surface area contributed by atoms with Gasteiger partial charge in [-0.3, -0.25) is 0 Å². The Labute approximate surface area is 102 Å². The highest BCUT2D eigenvalue weighted by atomic mass is 32.2. The van der Waals surface area contributed by atoms with Crippen LogP contribution in [0.2, 0.25) is 0 Å². The highest BCUT2D eigenvalue weighted by Gasteiger charge is 2.14. The topological polar surface area (TPSA) is 66.4 Å². The molecule has 0 aliphatic heterocycles. The van der Waals surface area contributed by atoms with Crippen molar-refractivity contribution in [2.75, 3.05) is 6.54 Å². The van der Waals surface area contributed by atoms with Crippen molar-refractivity contribution in [3.05, 3.63) is 42.0 Å². The van der Waals surface area contributed by atoms with Crippen molar-refractivity contribution in [3.63, 3.8) is 0 Å². The van der Waals surface area contributed by atoms with E-state index in [1.807, 2.05) is 6.92 Å². The minimum atomic E-state index is -3.53. The summed E-state index contributed by atoms with van der Waals surface area (Å²) in [7, 11) is -3.53. The van der Waals surface area contributed by atoms with E-state index in [4.69, 9.17) is 0 Å². The summed E-state index contributed by atoms with van der Waals surface area (Å²) in [6.45, 7) is 3.62. The third-order valence-corrected chi connectivity index (χ3v) is 3.67. The summed E-state index contributed by atoms with van der Waals surface area (Å²) in [6, 6.07) is 6.55. The molecular weight excluding hydrogens is 238 g/mol. The number of hydrogen-bond acceptors (Lipinski definition) is 3. The lowest BCUT2D eigenvalue weighted by Crippen LogP contribution is -2.31. The molecule has 0 aliphatic rings. The fourth-order valence-corrected chi connectivity index (χ4v) is 2.34. The molecule has 0 bridgehead atoms. The van der Waals surface area contributed by atoms with Crippen molar-refractivity contribution in [2.45, 2.75) is 24.8 Å². The molecule has 0 amide bonds. The smallest absolute Gasteiger partial charge is 0.240 e. The number of nitrogens with one attached hydrogen (secondary N) is 1. The number of aryl methyl sites for hydroxylation is 1. The van der Waals surface area contributed by atoms with Gasteiger partial charge in [0.15, 0.2) is 0 Å². The minimum Gasteiger partial charge on any atom is -0.388 e. The highest BCUT2D eigenvalue weighted by molar-refractivity contribution is 7.89. The number of hydrogen-bond donors (Lipinski definition) is 2. The van der Waals surface area contributed by atoms with Gasteiger partial charge >= 0.3 is 0 Å². The molecule has 0 saturated carbocycles. The molecule has 0 spiro atoms. The molecule has 1 aromatic rings. The first-order valence-corrected chi connectivity index (χ1v) is 6.81. The van der Waals surface area contributed by atoms with Gasteiger partial charge in [0.1, 0.15) is 0 Å². The molecule has 4 nitrogen and oxygen atoms in total. The average Bonchev–Trinajstić information content (AvgIpc) is 2.28. The molecule has 17 heavy (non-hydrogen) atoms. The lowest BCUT2D eigenvalue weighted by molar-refractivity contribution is 0.226. The first kappa shape index (κ1) is 13.9. The van der Waals surface area contributed by atoms with Gasteiger partial charge in [-0.05, 0) is 26.0 Å². The van der Waals surface area contributed by atoms with E-state index < -0.39 is 16.1 Å². The van der Waals surface area contributed by atoms with Crippen LogP contribution in [0, 0.1) is 6.92 Å². The van der Waals surface area contributed by atoms with Gasteiger partial charge < -0.3 is 5.11 Å². The summed E-state index contributed by atoms with van der Waals surface area (Å²) in [5.74, 6) is 0. The Morgan fingerprint density at radius 3 is 2.47 bits per heavy atom. The number of aliphatic hydroxyl groups is 1. The quantitative estimate of drug-likeness (QED) is 0.777. The fourth-order valence-electron chi connectivity index (χ4n) is 1.29. The summed E-state index contributed by atoms with van der Waals surface area (Å²) >= 11 is 0. The van der Waals surface area contributed by atoms with Gasteiger partial charge in [0, 0.05) is 6.54 Å². The standard InChI is InChI=1S/C12H17NO3S/c1-3-4-11(14)9-13-17(15,16)12-7-5-10(2)6-8-12/h3-8,11,13-14H,9H2,1-2H3/b4-3+/t11-/m0/s1.